The number of aromatic nitrogens is 2. The molecule has 3 aliphatic rings. The van der Waals surface area contributed by atoms with Crippen molar-refractivity contribution in [2.45, 2.75) is 55.4 Å². The molecule has 0 saturated carbocycles. The van der Waals surface area contributed by atoms with E-state index >= 15 is 0 Å². The third-order valence-electron chi connectivity index (χ3n) is 6.64. The Bertz CT molecular complexity index is 1080. The highest BCUT2D eigenvalue weighted by Crippen LogP contribution is 2.40. The lowest BCUT2D eigenvalue weighted by Gasteiger charge is -2.31. The van der Waals surface area contributed by atoms with Crippen LogP contribution in [0.5, 0.6) is 0 Å². The average molecular weight is 399 g/mol. The molecule has 0 fully saturated rings. The van der Waals surface area contributed by atoms with Crippen LogP contribution in [-0.2, 0) is 0 Å². The van der Waals surface area contributed by atoms with Gasteiger partial charge in [-0.25, -0.2) is 0 Å². The molecule has 3 aliphatic carbocycles. The Morgan fingerprint density at radius 2 is 0.967 bits per heavy atom. The lowest BCUT2D eigenvalue weighted by molar-refractivity contribution is 0.513. The smallest absolute Gasteiger partial charge is 0.0927 e. The van der Waals surface area contributed by atoms with Crippen molar-refractivity contribution in [2.75, 3.05) is 0 Å². The molecule has 0 aromatic carbocycles. The van der Waals surface area contributed by atoms with Crippen molar-refractivity contribution in [1.82, 2.24) is 9.97 Å². The molecule has 0 amide bonds. The predicted octanol–water partition coefficient (Wildman–Crippen LogP) is 5.45. The van der Waals surface area contributed by atoms with Crippen LogP contribution in [0.15, 0.2) is 71.1 Å². The molecule has 0 unspecified atom stereocenters. The summed E-state index contributed by atoms with van der Waals surface area (Å²) in [6.45, 7) is 18.2. The van der Waals surface area contributed by atoms with Crippen LogP contribution in [0.2, 0.25) is 0 Å². The van der Waals surface area contributed by atoms with E-state index in [0.717, 1.165) is 10.7 Å². The van der Waals surface area contributed by atoms with E-state index in [9.17, 15) is 0 Å². The van der Waals surface area contributed by atoms with Gasteiger partial charge >= 0.3 is 0 Å². The molecule has 2 atom stereocenters. The minimum absolute atomic E-state index is 0.0752. The minimum atomic E-state index is 0.0752. The van der Waals surface area contributed by atoms with Gasteiger partial charge in [0.15, 0.2) is 0 Å². The monoisotopic (exact) mass is 398 g/mol. The highest BCUT2D eigenvalue weighted by Gasteiger charge is 2.28. The maximum atomic E-state index is 4.88. The number of rotatable bonds is 0. The van der Waals surface area contributed by atoms with Crippen LogP contribution in [0, 0.1) is 22.7 Å². The van der Waals surface area contributed by atoms with Crippen molar-refractivity contribution in [2.24, 2.45) is 22.7 Å². The normalized spacial score (nSPS) is 23.9. The highest BCUT2D eigenvalue weighted by atomic mass is 14.8. The molecular formula is C28H34N2. The van der Waals surface area contributed by atoms with Gasteiger partial charge in [-0.1, -0.05) is 91.8 Å². The summed E-state index contributed by atoms with van der Waals surface area (Å²) >= 11 is 0. The second kappa shape index (κ2) is 7.04. The Labute approximate surface area is 181 Å². The summed E-state index contributed by atoms with van der Waals surface area (Å²) in [5, 5.41) is 2.06. The molecule has 2 nitrogen and oxygen atoms in total. The molecule has 0 radical (unpaired) electrons. The summed E-state index contributed by atoms with van der Waals surface area (Å²) in [4.78, 5) is 9.77. The molecule has 1 heterocycles. The van der Waals surface area contributed by atoms with Crippen LogP contribution < -0.4 is 10.7 Å². The van der Waals surface area contributed by atoms with Crippen LogP contribution in [0.3, 0.4) is 0 Å². The van der Waals surface area contributed by atoms with Gasteiger partial charge in [-0.2, -0.15) is 0 Å². The summed E-state index contributed by atoms with van der Waals surface area (Å²) in [6, 6.07) is 0. The molecule has 4 rings (SSSR count). The van der Waals surface area contributed by atoms with E-state index in [-0.39, 0.29) is 22.7 Å². The second-order valence-corrected chi connectivity index (χ2v) is 10.9. The van der Waals surface area contributed by atoms with E-state index in [0.29, 0.717) is 0 Å². The van der Waals surface area contributed by atoms with E-state index in [1.807, 2.05) is 12.4 Å². The highest BCUT2D eigenvalue weighted by molar-refractivity contribution is 5.73. The van der Waals surface area contributed by atoms with Crippen molar-refractivity contribution in [3.8, 4) is 0 Å². The van der Waals surface area contributed by atoms with Gasteiger partial charge in [-0.05, 0) is 44.3 Å². The number of nitrogens with zero attached hydrogens (tertiary/aromatic N) is 2. The average Bonchev–Trinajstić information content (AvgIpc) is 2.66. The predicted molar refractivity (Wildman–Crippen MR) is 127 cm³/mol. The molecule has 1 aromatic heterocycles. The fourth-order valence-corrected chi connectivity index (χ4v) is 4.39. The van der Waals surface area contributed by atoms with Gasteiger partial charge in [0.2, 0.25) is 0 Å². The molecule has 0 spiro atoms. The van der Waals surface area contributed by atoms with Gasteiger partial charge in [-0.3, -0.25) is 9.97 Å². The first-order valence-corrected chi connectivity index (χ1v) is 11.1. The number of allylic oxidation sites excluding steroid dienone is 10. The summed E-state index contributed by atoms with van der Waals surface area (Å²) in [7, 11) is 0. The molecule has 30 heavy (non-hydrogen) atoms. The van der Waals surface area contributed by atoms with Gasteiger partial charge in [0.1, 0.15) is 0 Å². The van der Waals surface area contributed by atoms with Crippen molar-refractivity contribution >= 4 is 11.1 Å². The topological polar surface area (TPSA) is 25.8 Å². The lowest BCUT2D eigenvalue weighted by Crippen LogP contribution is -2.38. The summed E-state index contributed by atoms with van der Waals surface area (Å²) < 4.78 is 0. The van der Waals surface area contributed by atoms with Gasteiger partial charge in [0.25, 0.3) is 0 Å². The second-order valence-electron chi connectivity index (χ2n) is 10.9. The van der Waals surface area contributed by atoms with Crippen molar-refractivity contribution in [1.29, 1.82) is 0 Å². The fraction of sp³-hybridized carbons (Fsp3) is 0.429. The van der Waals surface area contributed by atoms with Crippen LogP contribution in [0.4, 0.5) is 0 Å². The third-order valence-corrected chi connectivity index (χ3v) is 6.64. The number of fused-ring (bicyclic) bond motifs is 5. The van der Waals surface area contributed by atoms with Gasteiger partial charge in [0, 0.05) is 24.2 Å². The largest absolute Gasteiger partial charge is 0.253 e. The van der Waals surface area contributed by atoms with E-state index in [2.05, 4.69) is 91.8 Å². The molecule has 156 valence electrons. The van der Waals surface area contributed by atoms with Gasteiger partial charge in [0.05, 0.1) is 10.7 Å². The molecule has 2 heteroatoms. The van der Waals surface area contributed by atoms with Crippen LogP contribution in [0.25, 0.3) is 11.1 Å². The van der Waals surface area contributed by atoms with Crippen LogP contribution >= 0.6 is 0 Å². The van der Waals surface area contributed by atoms with Crippen molar-refractivity contribution in [3.05, 3.63) is 81.8 Å². The first kappa shape index (κ1) is 20.8. The van der Waals surface area contributed by atoms with Gasteiger partial charge in [-0.15, -0.1) is 0 Å². The third kappa shape index (κ3) is 3.57. The Hall–Kier alpha value is -2.48. The van der Waals surface area contributed by atoms with E-state index in [1.165, 1.54) is 33.4 Å². The zero-order valence-corrected chi connectivity index (χ0v) is 19.7. The first-order valence-electron chi connectivity index (χ1n) is 11.1. The lowest BCUT2D eigenvalue weighted by atomic mass is 9.74. The maximum absolute atomic E-state index is 4.88. The fourth-order valence-electron chi connectivity index (χ4n) is 4.39. The molecule has 0 saturated heterocycles. The minimum Gasteiger partial charge on any atom is -0.253 e. The Morgan fingerprint density at radius 1 is 0.600 bits per heavy atom. The SMILES string of the molecule is C[C@H]1C2=CC(C(C)(C)C)=CC1=c1nccnc1=C1C=C(C(C)(C)C)C=C(C=C2)[C@@H]1C. The molecule has 0 N–H and O–H groups in total. The van der Waals surface area contributed by atoms with Crippen LogP contribution in [0.1, 0.15) is 55.4 Å². The van der Waals surface area contributed by atoms with Crippen molar-refractivity contribution < 1.29 is 0 Å². The van der Waals surface area contributed by atoms with Crippen LogP contribution in [-0.4, -0.2) is 9.97 Å². The molecule has 1 aromatic rings. The standard InChI is InChI=1S/C28H34N2/c1-17-19-9-10-20-14-22(28(6,7)8)16-24(18(20)2)26-25(29-11-12-30-26)23(17)15-21(13-19)27(3,4)5/h9-18H,1-8H3/t17-,18-/m0/s1. The molecular weight excluding hydrogens is 364 g/mol. The quantitative estimate of drug-likeness (QED) is 0.581. The Balaban J connectivity index is 2.20. The van der Waals surface area contributed by atoms with E-state index in [4.69, 9.17) is 9.97 Å². The van der Waals surface area contributed by atoms with E-state index < -0.39 is 0 Å². The summed E-state index contributed by atoms with van der Waals surface area (Å²) in [6.07, 6.45) is 17.8. The van der Waals surface area contributed by atoms with E-state index in [1.54, 1.807) is 0 Å². The summed E-state index contributed by atoms with van der Waals surface area (Å²) in [5.74, 6) is 0.563. The first-order chi connectivity index (χ1) is 14.0. The Morgan fingerprint density at radius 3 is 1.30 bits per heavy atom. The zero-order valence-electron chi connectivity index (χ0n) is 19.7. The number of hydrogen-bond acceptors (Lipinski definition) is 2. The molecule has 0 aliphatic heterocycles. The van der Waals surface area contributed by atoms with Crippen molar-refractivity contribution in [3.63, 3.8) is 0 Å². The molecule has 4 bridgehead atoms. The maximum Gasteiger partial charge on any atom is 0.0927 e. The Kier molecular flexibility index (Phi) is 4.88. The zero-order chi connectivity index (χ0) is 21.8. The summed E-state index contributed by atoms with van der Waals surface area (Å²) in [5.41, 5.74) is 8.07. The number of hydrogen-bond donors (Lipinski definition) is 0. The van der Waals surface area contributed by atoms with Gasteiger partial charge < -0.3 is 0 Å².